The fraction of sp³-hybridized carbons (Fsp3) is 0.556. The summed E-state index contributed by atoms with van der Waals surface area (Å²) < 4.78 is 2.18. The van der Waals surface area contributed by atoms with Crippen LogP contribution in [0.4, 0.5) is 5.95 Å². The van der Waals surface area contributed by atoms with Gasteiger partial charge in [-0.3, -0.25) is 4.79 Å². The predicted molar refractivity (Wildman–Crippen MR) is 94.2 cm³/mol. The average molecular weight is 340 g/mol. The van der Waals surface area contributed by atoms with Crippen molar-refractivity contribution in [2.75, 3.05) is 18.0 Å². The zero-order chi connectivity index (χ0) is 17.2. The van der Waals surface area contributed by atoms with Gasteiger partial charge >= 0.3 is 0 Å². The summed E-state index contributed by atoms with van der Waals surface area (Å²) >= 11 is 0. The van der Waals surface area contributed by atoms with Crippen LogP contribution in [-0.2, 0) is 17.8 Å². The second kappa shape index (κ2) is 6.82. The summed E-state index contributed by atoms with van der Waals surface area (Å²) in [5.41, 5.74) is 1.05. The molecule has 1 amide bonds. The maximum absolute atomic E-state index is 12.8. The van der Waals surface area contributed by atoms with Crippen molar-refractivity contribution >= 4 is 11.9 Å². The third kappa shape index (κ3) is 3.50. The maximum atomic E-state index is 12.8. The lowest BCUT2D eigenvalue weighted by Crippen LogP contribution is -2.48. The number of imidazole rings is 1. The van der Waals surface area contributed by atoms with Crippen LogP contribution < -0.4 is 10.2 Å². The number of anilines is 1. The minimum atomic E-state index is 0.00322. The number of nitrogens with zero attached hydrogens (tertiary/aromatic N) is 5. The molecule has 0 spiro atoms. The first-order chi connectivity index (χ1) is 12.2. The van der Waals surface area contributed by atoms with Gasteiger partial charge < -0.3 is 14.8 Å². The van der Waals surface area contributed by atoms with Crippen molar-refractivity contribution in [1.29, 1.82) is 0 Å². The molecule has 4 heterocycles. The molecule has 25 heavy (non-hydrogen) atoms. The lowest BCUT2D eigenvalue weighted by molar-refractivity contribution is -0.126. The summed E-state index contributed by atoms with van der Waals surface area (Å²) in [6, 6.07) is 2.00. The molecule has 2 aromatic rings. The molecule has 2 atom stereocenters. The number of aryl methyl sites for hydroxylation is 2. The monoisotopic (exact) mass is 340 g/mol. The molecule has 1 fully saturated rings. The van der Waals surface area contributed by atoms with Crippen LogP contribution in [-0.4, -0.2) is 44.6 Å². The summed E-state index contributed by atoms with van der Waals surface area (Å²) in [6.45, 7) is 4.44. The van der Waals surface area contributed by atoms with Crippen LogP contribution in [0.2, 0.25) is 0 Å². The Bertz CT molecular complexity index is 743. The van der Waals surface area contributed by atoms with Gasteiger partial charge in [-0.05, 0) is 32.3 Å². The van der Waals surface area contributed by atoms with Crippen LogP contribution in [0.25, 0.3) is 0 Å². The predicted octanol–water partition coefficient (Wildman–Crippen LogP) is 1.33. The largest absolute Gasteiger partial charge is 0.351 e. The van der Waals surface area contributed by atoms with Gasteiger partial charge in [0.15, 0.2) is 0 Å². The Hall–Kier alpha value is -2.44. The van der Waals surface area contributed by atoms with Crippen LogP contribution in [0.3, 0.4) is 0 Å². The molecular weight excluding hydrogens is 316 g/mol. The van der Waals surface area contributed by atoms with Gasteiger partial charge in [-0.1, -0.05) is 0 Å². The van der Waals surface area contributed by atoms with Gasteiger partial charge in [0.1, 0.15) is 5.82 Å². The SMILES string of the molecule is Cc1cn2c(n1)CC[C@H](NC(=O)[C@H]1CCCN(c3ncccn3)C1)C2. The molecule has 0 aromatic carbocycles. The van der Waals surface area contributed by atoms with E-state index in [9.17, 15) is 4.79 Å². The van der Waals surface area contributed by atoms with Gasteiger partial charge in [0.05, 0.1) is 11.6 Å². The van der Waals surface area contributed by atoms with E-state index in [1.165, 1.54) is 0 Å². The zero-order valence-electron chi connectivity index (χ0n) is 14.6. The molecule has 1 saturated heterocycles. The molecule has 0 unspecified atom stereocenters. The molecule has 0 bridgehead atoms. The van der Waals surface area contributed by atoms with Crippen LogP contribution in [0.5, 0.6) is 0 Å². The Balaban J connectivity index is 1.36. The summed E-state index contributed by atoms with van der Waals surface area (Å²) in [5.74, 6) is 2.01. The van der Waals surface area contributed by atoms with Crippen LogP contribution >= 0.6 is 0 Å². The molecule has 132 valence electrons. The first-order valence-corrected chi connectivity index (χ1v) is 9.04. The van der Waals surface area contributed by atoms with Crippen molar-refractivity contribution in [1.82, 2.24) is 24.8 Å². The van der Waals surface area contributed by atoms with E-state index < -0.39 is 0 Å². The Morgan fingerprint density at radius 1 is 1.24 bits per heavy atom. The third-order valence-electron chi connectivity index (χ3n) is 5.09. The Morgan fingerprint density at radius 3 is 2.92 bits per heavy atom. The summed E-state index contributed by atoms with van der Waals surface area (Å²) in [6.07, 6.45) is 9.37. The van der Waals surface area contributed by atoms with E-state index in [1.54, 1.807) is 12.4 Å². The standard InChI is InChI=1S/C18H24N6O/c1-13-10-24-12-15(5-6-16(24)21-13)22-17(25)14-4-2-9-23(11-14)18-19-7-3-8-20-18/h3,7-8,10,14-15H,2,4-6,9,11-12H2,1H3,(H,22,25)/t14-,15-/m0/s1. The first kappa shape index (κ1) is 16.1. The number of hydrogen-bond donors (Lipinski definition) is 1. The van der Waals surface area contributed by atoms with Crippen LogP contribution in [0.1, 0.15) is 30.8 Å². The van der Waals surface area contributed by atoms with Gasteiger partial charge in [0.2, 0.25) is 11.9 Å². The number of hydrogen-bond acceptors (Lipinski definition) is 5. The van der Waals surface area contributed by atoms with Crippen LogP contribution in [0.15, 0.2) is 24.7 Å². The topological polar surface area (TPSA) is 75.9 Å². The summed E-state index contributed by atoms with van der Waals surface area (Å²) in [5, 5.41) is 3.26. The second-order valence-electron chi connectivity index (χ2n) is 7.03. The number of nitrogens with one attached hydrogen (secondary N) is 1. The highest BCUT2D eigenvalue weighted by Gasteiger charge is 2.29. The summed E-state index contributed by atoms with van der Waals surface area (Å²) in [4.78, 5) is 28.0. The van der Waals surface area contributed by atoms with E-state index >= 15 is 0 Å². The van der Waals surface area contributed by atoms with Crippen LogP contribution in [0, 0.1) is 12.8 Å². The number of amides is 1. The highest BCUT2D eigenvalue weighted by atomic mass is 16.2. The number of carbonyl (C=O) groups excluding carboxylic acids is 1. The molecular formula is C18H24N6O. The zero-order valence-corrected chi connectivity index (χ0v) is 14.6. The van der Waals surface area contributed by atoms with Crippen molar-refractivity contribution in [3.05, 3.63) is 36.2 Å². The number of piperidine rings is 1. The highest BCUT2D eigenvalue weighted by Crippen LogP contribution is 2.21. The van der Waals surface area contributed by atoms with Gasteiger partial charge in [-0.25, -0.2) is 15.0 Å². The lowest BCUT2D eigenvalue weighted by atomic mass is 9.96. The molecule has 2 aromatic heterocycles. The molecule has 4 rings (SSSR count). The molecule has 1 N–H and O–H groups in total. The minimum absolute atomic E-state index is 0.00322. The van der Waals surface area contributed by atoms with E-state index in [4.69, 9.17) is 0 Å². The lowest BCUT2D eigenvalue weighted by Gasteiger charge is -2.33. The number of carbonyl (C=O) groups is 1. The number of aromatic nitrogens is 4. The first-order valence-electron chi connectivity index (χ1n) is 9.04. The Morgan fingerprint density at radius 2 is 2.08 bits per heavy atom. The maximum Gasteiger partial charge on any atom is 0.225 e. The van der Waals surface area contributed by atoms with Crippen molar-refractivity contribution in [3.8, 4) is 0 Å². The number of fused-ring (bicyclic) bond motifs is 1. The van der Waals surface area contributed by atoms with Gasteiger partial charge in [-0.2, -0.15) is 0 Å². The summed E-state index contributed by atoms with van der Waals surface area (Å²) in [7, 11) is 0. The number of rotatable bonds is 3. The van der Waals surface area contributed by atoms with Crippen molar-refractivity contribution in [3.63, 3.8) is 0 Å². The fourth-order valence-corrected chi connectivity index (χ4v) is 3.85. The quantitative estimate of drug-likeness (QED) is 0.912. The molecule has 2 aliphatic rings. The van der Waals surface area contributed by atoms with E-state index in [2.05, 4.69) is 35.9 Å². The van der Waals surface area contributed by atoms with Gasteiger partial charge in [0.25, 0.3) is 0 Å². The Labute approximate surface area is 147 Å². The van der Waals surface area contributed by atoms with Crippen molar-refractivity contribution < 1.29 is 4.79 Å². The highest BCUT2D eigenvalue weighted by molar-refractivity contribution is 5.79. The average Bonchev–Trinajstić information content (AvgIpc) is 3.02. The fourth-order valence-electron chi connectivity index (χ4n) is 3.85. The molecule has 7 nitrogen and oxygen atoms in total. The minimum Gasteiger partial charge on any atom is -0.351 e. The molecule has 0 radical (unpaired) electrons. The van der Waals surface area contributed by atoms with E-state index in [-0.39, 0.29) is 17.9 Å². The smallest absolute Gasteiger partial charge is 0.225 e. The van der Waals surface area contributed by atoms with Crippen molar-refractivity contribution in [2.24, 2.45) is 5.92 Å². The normalized spacial score (nSPS) is 23.2. The Kier molecular flexibility index (Phi) is 4.38. The molecule has 0 saturated carbocycles. The molecule has 7 heteroatoms. The molecule has 0 aliphatic carbocycles. The second-order valence-corrected chi connectivity index (χ2v) is 7.03. The van der Waals surface area contributed by atoms with Gasteiger partial charge in [-0.15, -0.1) is 0 Å². The van der Waals surface area contributed by atoms with E-state index in [1.807, 2.05) is 13.0 Å². The van der Waals surface area contributed by atoms with Crippen molar-refractivity contribution in [2.45, 2.75) is 45.2 Å². The molecule has 2 aliphatic heterocycles. The third-order valence-corrected chi connectivity index (χ3v) is 5.09. The van der Waals surface area contributed by atoms with Gasteiger partial charge in [0, 0.05) is 50.7 Å². The van der Waals surface area contributed by atoms with E-state index in [0.29, 0.717) is 6.54 Å². The van der Waals surface area contributed by atoms with E-state index in [0.717, 1.165) is 56.2 Å².